The number of hydrogen-bond donors (Lipinski definition) is 2. The molecule has 0 unspecified atom stereocenters. The molecule has 0 bridgehead atoms. The van der Waals surface area contributed by atoms with E-state index in [2.05, 4.69) is 0 Å². The molecule has 1 aliphatic rings. The third kappa shape index (κ3) is 1.70. The second-order valence-electron chi connectivity index (χ2n) is 5.34. The van der Waals surface area contributed by atoms with E-state index < -0.39 is 0 Å². The molecule has 5 heteroatoms. The zero-order valence-electron chi connectivity index (χ0n) is 12.6. The Labute approximate surface area is 123 Å². The van der Waals surface area contributed by atoms with Gasteiger partial charge in [-0.15, -0.1) is 0 Å². The molecule has 1 heterocycles. The van der Waals surface area contributed by atoms with Crippen molar-refractivity contribution in [2.24, 2.45) is 7.05 Å². The zero-order valence-corrected chi connectivity index (χ0v) is 12.6. The average Bonchev–Trinajstić information content (AvgIpc) is 2.71. The molecular weight excluding hydrogens is 270 g/mol. The lowest BCUT2D eigenvalue weighted by Gasteiger charge is -2.23. The topological polar surface area (TPSA) is 63.8 Å². The van der Waals surface area contributed by atoms with Crippen LogP contribution in [0.15, 0.2) is 6.07 Å². The van der Waals surface area contributed by atoms with Crippen LogP contribution in [0.25, 0.3) is 11.1 Å². The molecule has 0 radical (unpaired) electrons. The lowest BCUT2D eigenvalue weighted by atomic mass is 9.84. The van der Waals surface area contributed by atoms with Gasteiger partial charge in [-0.25, -0.2) is 0 Å². The van der Waals surface area contributed by atoms with E-state index in [1.165, 1.54) is 4.57 Å². The largest absolute Gasteiger partial charge is 0.494 e. The van der Waals surface area contributed by atoms with Crippen LogP contribution in [0.5, 0.6) is 23.3 Å². The van der Waals surface area contributed by atoms with Gasteiger partial charge in [-0.3, -0.25) is 4.57 Å². The van der Waals surface area contributed by atoms with Crippen LogP contribution in [0.4, 0.5) is 0 Å². The SMILES string of the molecule is COc1cc(C)c2c(c1OC)CCc1c-2c(O)n(C)c1O. The fraction of sp³-hybridized carbons (Fsp3) is 0.375. The number of methoxy groups -OCH3 is 2. The second-order valence-corrected chi connectivity index (χ2v) is 5.34. The summed E-state index contributed by atoms with van der Waals surface area (Å²) in [4.78, 5) is 0. The summed E-state index contributed by atoms with van der Waals surface area (Å²) in [7, 11) is 4.88. The Morgan fingerprint density at radius 1 is 1.00 bits per heavy atom. The predicted molar refractivity (Wildman–Crippen MR) is 79.4 cm³/mol. The number of benzene rings is 1. The highest BCUT2D eigenvalue weighted by molar-refractivity contribution is 5.85. The Bertz CT molecular complexity index is 731. The maximum atomic E-state index is 10.4. The first kappa shape index (κ1) is 13.7. The van der Waals surface area contributed by atoms with E-state index in [1.54, 1.807) is 21.3 Å². The molecule has 21 heavy (non-hydrogen) atoms. The van der Waals surface area contributed by atoms with Gasteiger partial charge in [0.05, 0.1) is 19.8 Å². The van der Waals surface area contributed by atoms with Gasteiger partial charge in [0.1, 0.15) is 0 Å². The summed E-state index contributed by atoms with van der Waals surface area (Å²) in [6.45, 7) is 1.97. The van der Waals surface area contributed by atoms with Gasteiger partial charge in [0, 0.05) is 18.2 Å². The first-order valence-corrected chi connectivity index (χ1v) is 6.85. The number of fused-ring (bicyclic) bond motifs is 3. The number of hydrogen-bond acceptors (Lipinski definition) is 4. The van der Waals surface area contributed by atoms with Crippen molar-refractivity contribution in [3.05, 3.63) is 22.8 Å². The summed E-state index contributed by atoms with van der Waals surface area (Å²) in [5.74, 6) is 1.60. The van der Waals surface area contributed by atoms with Crippen LogP contribution < -0.4 is 9.47 Å². The van der Waals surface area contributed by atoms with Crippen molar-refractivity contribution in [1.82, 2.24) is 4.57 Å². The molecule has 1 aromatic carbocycles. The van der Waals surface area contributed by atoms with Crippen molar-refractivity contribution < 1.29 is 19.7 Å². The number of ether oxygens (including phenoxy) is 2. The van der Waals surface area contributed by atoms with Crippen LogP contribution in [-0.4, -0.2) is 29.0 Å². The first-order chi connectivity index (χ1) is 10.0. The molecule has 5 nitrogen and oxygen atoms in total. The Balaban J connectivity index is 2.38. The van der Waals surface area contributed by atoms with Crippen LogP contribution in [0.2, 0.25) is 0 Å². The predicted octanol–water partition coefficient (Wildman–Crippen LogP) is 2.53. The Kier molecular flexibility index (Phi) is 3.01. The summed E-state index contributed by atoms with van der Waals surface area (Å²) in [6.07, 6.45) is 1.39. The molecule has 2 N–H and O–H groups in total. The highest BCUT2D eigenvalue weighted by Gasteiger charge is 2.31. The summed E-state index contributed by atoms with van der Waals surface area (Å²) in [5, 5.41) is 20.5. The maximum absolute atomic E-state index is 10.4. The van der Waals surface area contributed by atoms with Crippen molar-refractivity contribution in [3.63, 3.8) is 0 Å². The lowest BCUT2D eigenvalue weighted by Crippen LogP contribution is -2.07. The van der Waals surface area contributed by atoms with E-state index in [-0.39, 0.29) is 11.8 Å². The summed E-state index contributed by atoms with van der Waals surface area (Å²) >= 11 is 0. The van der Waals surface area contributed by atoms with Crippen molar-refractivity contribution in [2.45, 2.75) is 19.8 Å². The fourth-order valence-corrected chi connectivity index (χ4v) is 3.26. The monoisotopic (exact) mass is 289 g/mol. The van der Waals surface area contributed by atoms with Crippen LogP contribution in [-0.2, 0) is 19.9 Å². The van der Waals surface area contributed by atoms with Crippen molar-refractivity contribution in [1.29, 1.82) is 0 Å². The van der Waals surface area contributed by atoms with E-state index in [4.69, 9.17) is 9.47 Å². The summed E-state index contributed by atoms with van der Waals surface area (Å²) < 4.78 is 12.3. The number of aromatic hydroxyl groups is 2. The molecule has 0 saturated heterocycles. The number of nitrogens with zero attached hydrogens (tertiary/aromatic N) is 1. The molecule has 1 aliphatic carbocycles. The van der Waals surface area contributed by atoms with Crippen LogP contribution in [0.1, 0.15) is 16.7 Å². The molecule has 0 fully saturated rings. The van der Waals surface area contributed by atoms with Crippen LogP contribution in [0.3, 0.4) is 0 Å². The second kappa shape index (κ2) is 4.62. The molecule has 0 atom stereocenters. The highest BCUT2D eigenvalue weighted by Crippen LogP contribution is 2.51. The van der Waals surface area contributed by atoms with Crippen LogP contribution >= 0.6 is 0 Å². The van der Waals surface area contributed by atoms with E-state index in [9.17, 15) is 10.2 Å². The van der Waals surface area contributed by atoms with Gasteiger partial charge in [-0.1, -0.05) is 0 Å². The third-order valence-electron chi connectivity index (χ3n) is 4.27. The van der Waals surface area contributed by atoms with Gasteiger partial charge in [0.25, 0.3) is 0 Å². The molecule has 0 spiro atoms. The molecular formula is C16H19NO4. The lowest BCUT2D eigenvalue weighted by molar-refractivity contribution is 0.351. The Morgan fingerprint density at radius 2 is 1.67 bits per heavy atom. The van der Waals surface area contributed by atoms with E-state index in [0.717, 1.165) is 28.7 Å². The quantitative estimate of drug-likeness (QED) is 0.891. The van der Waals surface area contributed by atoms with Gasteiger partial charge in [0.2, 0.25) is 5.88 Å². The van der Waals surface area contributed by atoms with Crippen LogP contribution in [0, 0.1) is 6.92 Å². The maximum Gasteiger partial charge on any atom is 0.202 e. The number of rotatable bonds is 2. The fourth-order valence-electron chi connectivity index (χ4n) is 3.26. The average molecular weight is 289 g/mol. The van der Waals surface area contributed by atoms with Gasteiger partial charge in [-0.2, -0.15) is 0 Å². The minimum atomic E-state index is 0.0822. The van der Waals surface area contributed by atoms with E-state index >= 15 is 0 Å². The molecule has 0 saturated carbocycles. The molecule has 112 valence electrons. The van der Waals surface area contributed by atoms with Crippen molar-refractivity contribution in [2.75, 3.05) is 14.2 Å². The first-order valence-electron chi connectivity index (χ1n) is 6.85. The zero-order chi connectivity index (χ0) is 15.3. The standard InChI is InChI=1S/C16H19NO4/c1-8-7-11(20-3)14(21-4)9-5-6-10-13(12(8)9)16(19)17(2)15(10)18/h7,18-19H,5-6H2,1-4H3. The minimum Gasteiger partial charge on any atom is -0.494 e. The molecule has 0 aliphatic heterocycles. The molecule has 0 amide bonds. The van der Waals surface area contributed by atoms with E-state index in [1.807, 2.05) is 13.0 Å². The summed E-state index contributed by atoms with van der Waals surface area (Å²) in [5.41, 5.74) is 4.43. The van der Waals surface area contributed by atoms with Gasteiger partial charge in [-0.05, 0) is 37.0 Å². The van der Waals surface area contributed by atoms with Gasteiger partial charge in [0.15, 0.2) is 17.4 Å². The minimum absolute atomic E-state index is 0.0822. The normalized spacial score (nSPS) is 12.8. The number of aryl methyl sites for hydroxylation is 1. The van der Waals surface area contributed by atoms with E-state index in [0.29, 0.717) is 23.5 Å². The highest BCUT2D eigenvalue weighted by atomic mass is 16.5. The van der Waals surface area contributed by atoms with Crippen molar-refractivity contribution in [3.8, 4) is 34.4 Å². The third-order valence-corrected chi connectivity index (χ3v) is 4.27. The smallest absolute Gasteiger partial charge is 0.202 e. The summed E-state index contributed by atoms with van der Waals surface area (Å²) in [6, 6.07) is 1.90. The molecule has 2 aromatic rings. The van der Waals surface area contributed by atoms with Gasteiger partial charge < -0.3 is 19.7 Å². The van der Waals surface area contributed by atoms with Crippen molar-refractivity contribution >= 4 is 0 Å². The number of aromatic nitrogens is 1. The Morgan fingerprint density at radius 3 is 2.29 bits per heavy atom. The van der Waals surface area contributed by atoms with Gasteiger partial charge >= 0.3 is 0 Å². The molecule has 1 aromatic heterocycles. The Hall–Kier alpha value is -2.30. The molecule has 3 rings (SSSR count).